The molecule has 0 spiro atoms. The Morgan fingerprint density at radius 1 is 1.10 bits per heavy atom. The number of methoxy groups -OCH3 is 1. The lowest BCUT2D eigenvalue weighted by molar-refractivity contribution is -0.132. The zero-order chi connectivity index (χ0) is 27.9. The van der Waals surface area contributed by atoms with Crippen LogP contribution in [0.1, 0.15) is 48.6 Å². The van der Waals surface area contributed by atoms with Gasteiger partial charge in [0.25, 0.3) is 0 Å². The zero-order valence-electron chi connectivity index (χ0n) is 23.1. The van der Waals surface area contributed by atoms with Gasteiger partial charge in [-0.15, -0.1) is 0 Å². The predicted molar refractivity (Wildman–Crippen MR) is 158 cm³/mol. The van der Waals surface area contributed by atoms with Gasteiger partial charge in [-0.25, -0.2) is 4.98 Å². The molecule has 5 rings (SSSR count). The topological polar surface area (TPSA) is 97.2 Å². The molecule has 0 bridgehead atoms. The number of aromatic nitrogens is 2. The number of likely N-dealkylation sites (tertiary alicyclic amines) is 1. The van der Waals surface area contributed by atoms with Gasteiger partial charge in [0.15, 0.2) is 0 Å². The number of imidazole rings is 1. The predicted octanol–water partition coefficient (Wildman–Crippen LogP) is 5.28. The van der Waals surface area contributed by atoms with Gasteiger partial charge in [-0.05, 0) is 66.6 Å². The van der Waals surface area contributed by atoms with E-state index in [0.29, 0.717) is 31.6 Å². The Balaban J connectivity index is 1.20. The first-order valence-electron chi connectivity index (χ1n) is 14.1. The highest BCUT2D eigenvalue weighted by atomic mass is 16.5. The molecule has 7 heteroatoms. The lowest BCUT2D eigenvalue weighted by atomic mass is 9.95. The molecule has 1 amide bonds. The molecule has 1 aromatic heterocycles. The van der Waals surface area contributed by atoms with Crippen LogP contribution in [0.4, 0.5) is 0 Å². The van der Waals surface area contributed by atoms with Crippen LogP contribution in [0.25, 0.3) is 22.2 Å². The molecule has 3 aromatic carbocycles. The number of carbonyl (C=O) groups excluding carboxylic acids is 1. The smallest absolute Gasteiger partial charge is 0.224 e. The fourth-order valence-electron chi connectivity index (χ4n) is 5.72. The van der Waals surface area contributed by atoms with Gasteiger partial charge in [0.1, 0.15) is 5.82 Å². The number of hydrogen-bond acceptors (Lipinski definition) is 5. The number of hydrogen-bond donors (Lipinski definition) is 1. The lowest BCUT2D eigenvalue weighted by Gasteiger charge is -2.33. The lowest BCUT2D eigenvalue weighted by Crippen LogP contribution is -2.42. The molecule has 2 atom stereocenters. The van der Waals surface area contributed by atoms with Crippen LogP contribution in [-0.2, 0) is 22.5 Å². The maximum Gasteiger partial charge on any atom is 0.224 e. The maximum absolute atomic E-state index is 13.3. The van der Waals surface area contributed by atoms with Crippen LogP contribution in [-0.4, -0.2) is 53.2 Å². The first-order valence-corrected chi connectivity index (χ1v) is 14.1. The molecule has 1 aliphatic heterocycles. The number of fused-ring (bicyclic) bond motifs is 1. The van der Waals surface area contributed by atoms with Crippen molar-refractivity contribution in [2.45, 2.75) is 50.6 Å². The number of carbonyl (C=O) groups is 1. The van der Waals surface area contributed by atoms with E-state index in [1.54, 1.807) is 7.11 Å². The van der Waals surface area contributed by atoms with Crippen molar-refractivity contribution in [2.24, 2.45) is 5.73 Å². The van der Waals surface area contributed by atoms with Gasteiger partial charge in [-0.3, -0.25) is 4.79 Å². The van der Waals surface area contributed by atoms with Crippen molar-refractivity contribution in [3.05, 3.63) is 89.7 Å². The second-order valence-corrected chi connectivity index (χ2v) is 10.7. The third kappa shape index (κ3) is 6.41. The minimum atomic E-state index is -0.243. The van der Waals surface area contributed by atoms with Gasteiger partial charge >= 0.3 is 0 Å². The summed E-state index contributed by atoms with van der Waals surface area (Å²) in [5.74, 6) is 1.40. The van der Waals surface area contributed by atoms with E-state index in [1.165, 1.54) is 0 Å². The van der Waals surface area contributed by atoms with Gasteiger partial charge < -0.3 is 19.9 Å². The summed E-state index contributed by atoms with van der Waals surface area (Å²) in [6.07, 6.45) is 3.88. The summed E-state index contributed by atoms with van der Waals surface area (Å²) in [5, 5.41) is 9.01. The standard InChI is InChI=1S/C33H37N5O2/c1-40-19-5-18-38-31-8-3-2-7-30(31)36-33(38)28-6-4-17-37(23-28)32(39)21-29(35)20-24-9-13-26(14-10-24)27-15-11-25(22-34)12-16-27/h2-3,7-16,28-29H,4-6,17-21,23,35H2,1H3. The van der Waals surface area contributed by atoms with E-state index in [-0.39, 0.29) is 17.9 Å². The van der Waals surface area contributed by atoms with Crippen LogP contribution >= 0.6 is 0 Å². The monoisotopic (exact) mass is 535 g/mol. The molecule has 4 aromatic rings. The van der Waals surface area contributed by atoms with Crippen LogP contribution in [0, 0.1) is 11.3 Å². The largest absolute Gasteiger partial charge is 0.385 e. The van der Waals surface area contributed by atoms with Crippen molar-refractivity contribution in [3.63, 3.8) is 0 Å². The molecule has 0 aliphatic carbocycles. The Labute approximate surface area is 236 Å². The van der Waals surface area contributed by atoms with Crippen LogP contribution in [0.3, 0.4) is 0 Å². The van der Waals surface area contributed by atoms with Crippen LogP contribution < -0.4 is 5.73 Å². The molecule has 1 saturated heterocycles. The third-order valence-electron chi connectivity index (χ3n) is 7.79. The minimum Gasteiger partial charge on any atom is -0.385 e. The Morgan fingerprint density at radius 2 is 1.82 bits per heavy atom. The Hall–Kier alpha value is -3.99. The molecular formula is C33H37N5O2. The highest BCUT2D eigenvalue weighted by Crippen LogP contribution is 2.30. The number of aryl methyl sites for hydroxylation is 1. The van der Waals surface area contributed by atoms with E-state index in [1.807, 2.05) is 35.2 Å². The summed E-state index contributed by atoms with van der Waals surface area (Å²) < 4.78 is 7.61. The van der Waals surface area contributed by atoms with Crippen LogP contribution in [0.5, 0.6) is 0 Å². The number of rotatable bonds is 10. The summed E-state index contributed by atoms with van der Waals surface area (Å²) in [4.78, 5) is 20.3. The average molecular weight is 536 g/mol. The maximum atomic E-state index is 13.3. The van der Waals surface area contributed by atoms with E-state index < -0.39 is 0 Å². The molecule has 0 saturated carbocycles. The van der Waals surface area contributed by atoms with Crippen molar-refractivity contribution in [2.75, 3.05) is 26.8 Å². The SMILES string of the molecule is COCCCn1c(C2CCCN(C(=O)CC(N)Cc3ccc(-c4ccc(C#N)cc4)cc3)C2)nc2ccccc21. The van der Waals surface area contributed by atoms with Crippen LogP contribution in [0.2, 0.25) is 0 Å². The molecule has 7 nitrogen and oxygen atoms in total. The van der Waals surface area contributed by atoms with E-state index >= 15 is 0 Å². The number of nitrogens with zero attached hydrogens (tertiary/aromatic N) is 4. The highest BCUT2D eigenvalue weighted by molar-refractivity contribution is 5.78. The number of ether oxygens (including phenoxy) is 1. The second kappa shape index (κ2) is 12.9. The first-order chi connectivity index (χ1) is 19.6. The average Bonchev–Trinajstić information content (AvgIpc) is 3.36. The van der Waals surface area contributed by atoms with Crippen molar-refractivity contribution < 1.29 is 9.53 Å². The van der Waals surface area contributed by atoms with Gasteiger partial charge in [-0.1, -0.05) is 48.5 Å². The quantitative estimate of drug-likeness (QED) is 0.279. The molecule has 2 unspecified atom stereocenters. The van der Waals surface area contributed by atoms with Crippen molar-refractivity contribution in [1.82, 2.24) is 14.5 Å². The second-order valence-electron chi connectivity index (χ2n) is 10.7. The van der Waals surface area contributed by atoms with E-state index in [4.69, 9.17) is 20.7 Å². The fourth-order valence-corrected chi connectivity index (χ4v) is 5.72. The Morgan fingerprint density at radius 3 is 2.55 bits per heavy atom. The molecule has 206 valence electrons. The Bertz CT molecular complexity index is 1470. The number of piperidine rings is 1. The van der Waals surface area contributed by atoms with Crippen molar-refractivity contribution in [3.8, 4) is 17.2 Å². The number of benzene rings is 3. The normalized spacial score (nSPS) is 16.1. The number of para-hydroxylation sites is 2. The number of nitrogens with two attached hydrogens (primary N) is 1. The molecule has 1 fully saturated rings. The highest BCUT2D eigenvalue weighted by Gasteiger charge is 2.29. The summed E-state index contributed by atoms with van der Waals surface area (Å²) in [5.41, 5.74) is 12.5. The van der Waals surface area contributed by atoms with Gasteiger partial charge in [0, 0.05) is 51.7 Å². The number of amides is 1. The van der Waals surface area contributed by atoms with Crippen molar-refractivity contribution >= 4 is 16.9 Å². The van der Waals surface area contributed by atoms with E-state index in [9.17, 15) is 4.79 Å². The molecule has 2 heterocycles. The fraction of sp³-hybridized carbons (Fsp3) is 0.364. The van der Waals surface area contributed by atoms with Gasteiger partial charge in [0.2, 0.25) is 5.91 Å². The third-order valence-corrected chi connectivity index (χ3v) is 7.79. The molecule has 2 N–H and O–H groups in total. The zero-order valence-corrected chi connectivity index (χ0v) is 23.1. The summed E-state index contributed by atoms with van der Waals surface area (Å²) in [6.45, 7) is 3.00. The molecule has 0 radical (unpaired) electrons. The van der Waals surface area contributed by atoms with Gasteiger partial charge in [0.05, 0.1) is 22.7 Å². The van der Waals surface area contributed by atoms with Crippen molar-refractivity contribution in [1.29, 1.82) is 5.26 Å². The summed E-state index contributed by atoms with van der Waals surface area (Å²) in [6, 6.07) is 26.0. The Kier molecular flexibility index (Phi) is 8.90. The van der Waals surface area contributed by atoms with E-state index in [2.05, 4.69) is 53.1 Å². The summed E-state index contributed by atoms with van der Waals surface area (Å²) >= 11 is 0. The molecule has 40 heavy (non-hydrogen) atoms. The molecule has 1 aliphatic rings. The first kappa shape index (κ1) is 27.6. The van der Waals surface area contributed by atoms with E-state index in [0.717, 1.165) is 65.9 Å². The minimum absolute atomic E-state index is 0.119. The number of nitriles is 1. The van der Waals surface area contributed by atoms with Gasteiger partial charge in [-0.2, -0.15) is 5.26 Å². The molecular weight excluding hydrogens is 498 g/mol. The van der Waals surface area contributed by atoms with Crippen LogP contribution in [0.15, 0.2) is 72.8 Å². The summed E-state index contributed by atoms with van der Waals surface area (Å²) in [7, 11) is 1.73.